The smallest absolute Gasteiger partial charge is 0.253 e. The fourth-order valence-corrected chi connectivity index (χ4v) is 5.07. The molecule has 0 unspecified atom stereocenters. The molecule has 0 radical (unpaired) electrons. The van der Waals surface area contributed by atoms with Crippen LogP contribution < -0.4 is 21.1 Å². The standard InChI is InChI=1S/C24H25Cl2N3O2/c1-4-29(5-2)22-21(23(30)24(22)31)27-20-9-7-6-8-15(20)17-12-28(3)13-18-16(17)10-14(25)11-19(18)26/h6-11,17,27H,4-5,12-13H2,1-3H3/t17-/m0/s1. The summed E-state index contributed by atoms with van der Waals surface area (Å²) in [6.45, 7) is 6.81. The van der Waals surface area contributed by atoms with Crippen LogP contribution in [0.1, 0.15) is 36.5 Å². The van der Waals surface area contributed by atoms with Gasteiger partial charge >= 0.3 is 0 Å². The predicted molar refractivity (Wildman–Crippen MR) is 129 cm³/mol. The van der Waals surface area contributed by atoms with E-state index in [1.165, 1.54) is 0 Å². The zero-order chi connectivity index (χ0) is 22.3. The Labute approximate surface area is 191 Å². The number of halogens is 2. The van der Waals surface area contributed by atoms with E-state index >= 15 is 0 Å². The summed E-state index contributed by atoms with van der Waals surface area (Å²) in [5.41, 5.74) is 3.95. The minimum atomic E-state index is -0.469. The first-order valence-corrected chi connectivity index (χ1v) is 11.2. The monoisotopic (exact) mass is 457 g/mol. The van der Waals surface area contributed by atoms with Gasteiger partial charge in [-0.1, -0.05) is 41.4 Å². The number of nitrogens with zero attached hydrogens (tertiary/aromatic N) is 2. The molecule has 0 aromatic heterocycles. The molecular formula is C24H25Cl2N3O2. The van der Waals surface area contributed by atoms with E-state index in [0.29, 0.717) is 34.5 Å². The molecule has 1 aliphatic rings. The first kappa shape index (κ1) is 21.9. The first-order chi connectivity index (χ1) is 14.8. The molecule has 0 fully saturated rings. The fourth-order valence-electron chi connectivity index (χ4n) is 4.50. The second kappa shape index (κ2) is 8.65. The van der Waals surface area contributed by atoms with Gasteiger partial charge in [-0.3, -0.25) is 9.59 Å². The van der Waals surface area contributed by atoms with Crippen molar-refractivity contribution in [2.24, 2.45) is 0 Å². The number of fused-ring (bicyclic) bond motifs is 1. The van der Waals surface area contributed by atoms with E-state index in [9.17, 15) is 9.59 Å². The second-order valence-electron chi connectivity index (χ2n) is 7.97. The molecule has 0 saturated carbocycles. The van der Waals surface area contributed by atoms with Gasteiger partial charge in [-0.25, -0.2) is 0 Å². The molecule has 0 aliphatic carbocycles. The molecule has 7 heteroatoms. The SMILES string of the molecule is CCN(CC)c1c(Nc2ccccc2[C@@H]2CN(C)Cc3c(Cl)cc(Cl)cc32)c(=O)c1=O. The Morgan fingerprint density at radius 2 is 1.77 bits per heavy atom. The van der Waals surface area contributed by atoms with Gasteiger partial charge in [0.05, 0.1) is 0 Å². The molecule has 0 amide bonds. The first-order valence-electron chi connectivity index (χ1n) is 10.5. The Morgan fingerprint density at radius 3 is 2.48 bits per heavy atom. The number of hydrogen-bond donors (Lipinski definition) is 1. The summed E-state index contributed by atoms with van der Waals surface area (Å²) in [6.07, 6.45) is 0. The van der Waals surface area contributed by atoms with Crippen LogP contribution in [0.2, 0.25) is 10.0 Å². The lowest BCUT2D eigenvalue weighted by Gasteiger charge is -2.34. The van der Waals surface area contributed by atoms with Crippen molar-refractivity contribution in [3.8, 4) is 0 Å². The molecule has 0 saturated heterocycles. The van der Waals surface area contributed by atoms with Gasteiger partial charge in [0.25, 0.3) is 10.9 Å². The van der Waals surface area contributed by atoms with Gasteiger partial charge in [-0.15, -0.1) is 0 Å². The van der Waals surface area contributed by atoms with E-state index in [2.05, 4.69) is 17.3 Å². The quantitative estimate of drug-likeness (QED) is 0.540. The Balaban J connectivity index is 1.79. The summed E-state index contributed by atoms with van der Waals surface area (Å²) in [7, 11) is 2.06. The highest BCUT2D eigenvalue weighted by atomic mass is 35.5. The van der Waals surface area contributed by atoms with Crippen molar-refractivity contribution in [1.29, 1.82) is 0 Å². The minimum Gasteiger partial charge on any atom is -0.367 e. The van der Waals surface area contributed by atoms with Gasteiger partial charge in [0, 0.05) is 47.8 Å². The zero-order valence-corrected chi connectivity index (χ0v) is 19.3. The van der Waals surface area contributed by atoms with Crippen LogP contribution in [0.15, 0.2) is 46.0 Å². The van der Waals surface area contributed by atoms with Crippen LogP contribution in [0, 0.1) is 0 Å². The highest BCUT2D eigenvalue weighted by molar-refractivity contribution is 6.35. The molecule has 0 spiro atoms. The zero-order valence-electron chi connectivity index (χ0n) is 17.8. The molecule has 3 aromatic rings. The number of para-hydroxylation sites is 1. The molecule has 1 atom stereocenters. The number of hydrogen-bond acceptors (Lipinski definition) is 5. The molecule has 0 bridgehead atoms. The van der Waals surface area contributed by atoms with Crippen LogP contribution in [0.25, 0.3) is 0 Å². The van der Waals surface area contributed by atoms with E-state index in [4.69, 9.17) is 23.2 Å². The third kappa shape index (κ3) is 3.86. The fraction of sp³-hybridized carbons (Fsp3) is 0.333. The van der Waals surface area contributed by atoms with Crippen molar-refractivity contribution in [3.05, 3.63) is 83.6 Å². The largest absolute Gasteiger partial charge is 0.367 e. The maximum Gasteiger partial charge on any atom is 0.253 e. The van der Waals surface area contributed by atoms with Crippen molar-refractivity contribution >= 4 is 40.3 Å². The van der Waals surface area contributed by atoms with Crippen molar-refractivity contribution in [1.82, 2.24) is 4.90 Å². The minimum absolute atomic E-state index is 0.0250. The van der Waals surface area contributed by atoms with Crippen molar-refractivity contribution in [2.45, 2.75) is 26.3 Å². The number of likely N-dealkylation sites (N-methyl/N-ethyl adjacent to an activating group) is 1. The summed E-state index contributed by atoms with van der Waals surface area (Å²) in [4.78, 5) is 28.8. The number of rotatable bonds is 6. The summed E-state index contributed by atoms with van der Waals surface area (Å²) in [5.74, 6) is 0.0250. The number of anilines is 3. The summed E-state index contributed by atoms with van der Waals surface area (Å²) >= 11 is 12.9. The summed E-state index contributed by atoms with van der Waals surface area (Å²) < 4.78 is 0. The molecular weight excluding hydrogens is 433 g/mol. The maximum absolute atomic E-state index is 12.4. The van der Waals surface area contributed by atoms with E-state index in [1.807, 2.05) is 49.1 Å². The average molecular weight is 458 g/mol. The summed E-state index contributed by atoms with van der Waals surface area (Å²) in [5, 5.41) is 4.55. The van der Waals surface area contributed by atoms with Crippen LogP contribution in [-0.4, -0.2) is 31.6 Å². The highest BCUT2D eigenvalue weighted by Gasteiger charge is 2.30. The van der Waals surface area contributed by atoms with Gasteiger partial charge in [0.15, 0.2) is 0 Å². The van der Waals surface area contributed by atoms with Gasteiger partial charge < -0.3 is 15.1 Å². The maximum atomic E-state index is 12.4. The highest BCUT2D eigenvalue weighted by Crippen LogP contribution is 2.41. The van der Waals surface area contributed by atoms with Crippen LogP contribution in [0.3, 0.4) is 0 Å². The van der Waals surface area contributed by atoms with Crippen LogP contribution in [-0.2, 0) is 6.54 Å². The molecule has 1 aliphatic heterocycles. The average Bonchev–Trinajstić information content (AvgIpc) is 2.76. The molecule has 1 N–H and O–H groups in total. The molecule has 1 heterocycles. The van der Waals surface area contributed by atoms with E-state index in [-0.39, 0.29) is 5.92 Å². The Bertz CT molecular complexity index is 1200. The predicted octanol–water partition coefficient (Wildman–Crippen LogP) is 4.76. The Hall–Kier alpha value is -2.34. The normalized spacial score (nSPS) is 16.4. The number of benzene rings is 2. The van der Waals surface area contributed by atoms with Crippen molar-refractivity contribution in [3.63, 3.8) is 0 Å². The van der Waals surface area contributed by atoms with Crippen molar-refractivity contribution < 1.29 is 0 Å². The second-order valence-corrected chi connectivity index (χ2v) is 8.81. The van der Waals surface area contributed by atoms with Gasteiger partial charge in [0.1, 0.15) is 11.4 Å². The molecule has 3 aromatic carbocycles. The van der Waals surface area contributed by atoms with Crippen molar-refractivity contribution in [2.75, 3.05) is 36.9 Å². The summed E-state index contributed by atoms with van der Waals surface area (Å²) in [6, 6.07) is 11.7. The van der Waals surface area contributed by atoms with Crippen LogP contribution in [0.4, 0.5) is 17.1 Å². The molecule has 5 nitrogen and oxygen atoms in total. The Morgan fingerprint density at radius 1 is 1.06 bits per heavy atom. The lowest BCUT2D eigenvalue weighted by molar-refractivity contribution is 0.295. The van der Waals surface area contributed by atoms with E-state index in [0.717, 1.165) is 35.5 Å². The lowest BCUT2D eigenvalue weighted by Crippen LogP contribution is -2.42. The third-order valence-corrected chi connectivity index (χ3v) is 6.61. The van der Waals surface area contributed by atoms with E-state index < -0.39 is 10.9 Å². The van der Waals surface area contributed by atoms with Gasteiger partial charge in [0.2, 0.25) is 0 Å². The molecule has 162 valence electrons. The van der Waals surface area contributed by atoms with Crippen LogP contribution in [0.5, 0.6) is 0 Å². The molecule has 4 rings (SSSR count). The van der Waals surface area contributed by atoms with E-state index in [1.54, 1.807) is 6.07 Å². The lowest BCUT2D eigenvalue weighted by atomic mass is 9.84. The topological polar surface area (TPSA) is 52.6 Å². The van der Waals surface area contributed by atoms with Gasteiger partial charge in [-0.2, -0.15) is 0 Å². The molecule has 31 heavy (non-hydrogen) atoms. The number of nitrogens with one attached hydrogen (secondary N) is 1. The van der Waals surface area contributed by atoms with Crippen LogP contribution >= 0.6 is 23.2 Å². The Kier molecular flexibility index (Phi) is 6.11. The third-order valence-electron chi connectivity index (χ3n) is 6.05. The van der Waals surface area contributed by atoms with Gasteiger partial charge in [-0.05, 0) is 55.8 Å².